The topological polar surface area (TPSA) is 52.2 Å². The number of hydrogen-bond acceptors (Lipinski definition) is 4. The number of imidazole rings is 1. The molecule has 6 heterocycles. The Labute approximate surface area is 487 Å². The number of furan rings is 1. The van der Waals surface area contributed by atoms with E-state index in [-0.39, 0.29) is 40.1 Å². The largest absolute Gasteiger partial charge is 0.458 e. The van der Waals surface area contributed by atoms with Crippen LogP contribution in [-0.4, -0.2) is 20.8 Å². The molecule has 0 spiro atoms. The van der Waals surface area contributed by atoms with E-state index in [1.807, 2.05) is 65.4 Å². The van der Waals surface area contributed by atoms with Crippen LogP contribution in [0, 0.1) is 6.33 Å². The Hall–Kier alpha value is -10.4. The van der Waals surface area contributed by atoms with Gasteiger partial charge in [-0.25, -0.2) is 4.98 Å². The highest BCUT2D eigenvalue weighted by Gasteiger charge is 2.41. The lowest BCUT2D eigenvalue weighted by Gasteiger charge is -2.39. The Balaban J connectivity index is 0.813. The number of pyridine rings is 1. The fourth-order valence-corrected chi connectivity index (χ4v) is 13.0. The predicted molar refractivity (Wildman–Crippen MR) is 336 cm³/mol. The first kappa shape index (κ1) is 37.4. The maximum Gasteiger partial charge on any atom is 0.269 e. The lowest BCUT2D eigenvalue weighted by Crippen LogP contribution is -2.58. The molecule has 0 amide bonds. The zero-order valence-corrected chi connectivity index (χ0v) is 44.5. The Bertz CT molecular complexity index is 5650. The van der Waals surface area contributed by atoms with Crippen molar-refractivity contribution in [2.45, 2.75) is 26.2 Å². The van der Waals surface area contributed by atoms with E-state index in [0.29, 0.717) is 28.2 Å². The average Bonchev–Trinajstić information content (AvgIpc) is 1.28. The fraction of sp³-hybridized carbons (Fsp3) is 0.0541. The maximum absolute atomic E-state index is 9.13. The summed E-state index contributed by atoms with van der Waals surface area (Å²) in [5.74, 6) is 1.81. The molecule has 2 aliphatic rings. The molecule has 17 rings (SSSR count). The number of aromatic nitrogens is 4. The van der Waals surface area contributed by atoms with Gasteiger partial charge in [0.2, 0.25) is 6.71 Å². The van der Waals surface area contributed by atoms with Crippen LogP contribution in [-0.2, 0) is 5.41 Å². The first-order valence-electron chi connectivity index (χ1n) is 32.3. The lowest BCUT2D eigenvalue weighted by molar-refractivity contribution is -0.571. The van der Waals surface area contributed by atoms with Crippen LogP contribution >= 0.6 is 0 Å². The monoisotopic (exact) mass is 1060 g/mol. The van der Waals surface area contributed by atoms with Gasteiger partial charge in [-0.05, 0) is 140 Å². The highest BCUT2D eigenvalue weighted by Crippen LogP contribution is 2.46. The number of fused-ring (bicyclic) bond motifs is 7. The van der Waals surface area contributed by atoms with Gasteiger partial charge in [0.25, 0.3) is 6.33 Å². The molecule has 0 saturated carbocycles. The summed E-state index contributed by atoms with van der Waals surface area (Å²) >= 11 is 0. The molecule has 386 valence electrons. The SMILES string of the molecule is [2H]c1c([2H])c([2H])c(-c2cccc(-c3c([2H])c([2H])c([2H])c([2H])c3[2H])c2-[n+]2[c-]n(-c3cccc(Oc4ccc5c6cc(N7c8ccccc8B8c9c7ccc7ccc%10oc%11cccc8c%11c%10c97)ccc6n(-c6cc(C(C)(C)C)ccn6)c5c4)c3)c3ccccc32)c([2H])c1[2H]. The second-order valence-electron chi connectivity index (χ2n) is 22.1. The fourth-order valence-electron chi connectivity index (χ4n) is 13.0. The van der Waals surface area contributed by atoms with E-state index in [1.165, 1.54) is 37.9 Å². The predicted octanol–water partition coefficient (Wildman–Crippen LogP) is 16.3. The zero-order chi connectivity index (χ0) is 63.1. The third-order valence-electron chi connectivity index (χ3n) is 16.5. The van der Waals surface area contributed by atoms with E-state index in [2.05, 4.69) is 146 Å². The number of anilines is 3. The molecule has 11 aromatic carbocycles. The summed E-state index contributed by atoms with van der Waals surface area (Å²) in [6, 6.07) is 55.6. The number of para-hydroxylation sites is 4. The third kappa shape index (κ3) is 6.91. The Morgan fingerprint density at radius 1 is 0.561 bits per heavy atom. The zero-order valence-electron chi connectivity index (χ0n) is 54.5. The summed E-state index contributed by atoms with van der Waals surface area (Å²) in [6.07, 6.45) is 5.36. The van der Waals surface area contributed by atoms with Gasteiger partial charge in [-0.15, -0.1) is 0 Å². The molecule has 0 N–H and O–H groups in total. The smallest absolute Gasteiger partial charge is 0.269 e. The van der Waals surface area contributed by atoms with Gasteiger partial charge in [0.1, 0.15) is 28.5 Å². The van der Waals surface area contributed by atoms with Crippen molar-refractivity contribution in [2.75, 3.05) is 4.90 Å². The van der Waals surface area contributed by atoms with Gasteiger partial charge < -0.3 is 14.1 Å². The van der Waals surface area contributed by atoms with Gasteiger partial charge in [0.15, 0.2) is 0 Å². The molecule has 0 radical (unpaired) electrons. The van der Waals surface area contributed by atoms with Crippen LogP contribution in [0.25, 0.3) is 105 Å². The summed E-state index contributed by atoms with van der Waals surface area (Å²) in [5.41, 5.74) is 13.6. The van der Waals surface area contributed by atoms with Gasteiger partial charge in [0, 0.05) is 50.9 Å². The number of benzene rings is 11. The van der Waals surface area contributed by atoms with Crippen molar-refractivity contribution in [3.8, 4) is 50.9 Å². The Morgan fingerprint density at radius 2 is 1.29 bits per heavy atom. The van der Waals surface area contributed by atoms with Crippen molar-refractivity contribution in [2.24, 2.45) is 0 Å². The quantitative estimate of drug-likeness (QED) is 0.0864. The number of nitrogens with zero attached hydrogens (tertiary/aromatic N) is 5. The molecule has 2 aliphatic heterocycles. The molecule has 4 aromatic heterocycles. The third-order valence-corrected chi connectivity index (χ3v) is 16.5. The number of ether oxygens (including phenoxy) is 1. The van der Waals surface area contributed by atoms with E-state index in [1.54, 1.807) is 22.8 Å². The molecule has 8 heteroatoms. The van der Waals surface area contributed by atoms with Crippen LogP contribution in [0.15, 0.2) is 253 Å². The minimum atomic E-state index is -0.572. The first-order valence-corrected chi connectivity index (χ1v) is 27.3. The number of hydrogen-bond donors (Lipinski definition) is 0. The molecule has 0 unspecified atom stereocenters. The van der Waals surface area contributed by atoms with Crippen molar-refractivity contribution < 1.29 is 27.4 Å². The molecule has 0 bridgehead atoms. The van der Waals surface area contributed by atoms with Crippen molar-refractivity contribution in [1.82, 2.24) is 14.1 Å². The molecule has 7 nitrogen and oxygen atoms in total. The van der Waals surface area contributed by atoms with E-state index in [9.17, 15) is 0 Å². The van der Waals surface area contributed by atoms with Crippen LogP contribution < -0.4 is 30.6 Å². The summed E-state index contributed by atoms with van der Waals surface area (Å²) in [4.78, 5) is 7.47. The molecular weight excluding hydrogens is 1000 g/mol. The average molecular weight is 1060 g/mol. The first-order chi connectivity index (χ1) is 44.4. The van der Waals surface area contributed by atoms with Gasteiger partial charge in [0.05, 0.1) is 47.1 Å². The highest BCUT2D eigenvalue weighted by molar-refractivity contribution is 7.02. The Morgan fingerprint density at radius 3 is 2.12 bits per heavy atom. The normalized spacial score (nSPS) is 14.5. The lowest BCUT2D eigenvalue weighted by atomic mass is 9.33. The van der Waals surface area contributed by atoms with Crippen molar-refractivity contribution in [1.29, 1.82) is 0 Å². The second-order valence-corrected chi connectivity index (χ2v) is 22.1. The van der Waals surface area contributed by atoms with Gasteiger partial charge in [-0.3, -0.25) is 13.7 Å². The van der Waals surface area contributed by atoms with Crippen LogP contribution in [0.5, 0.6) is 11.5 Å². The van der Waals surface area contributed by atoms with Crippen molar-refractivity contribution >= 4 is 106 Å². The summed E-state index contributed by atoms with van der Waals surface area (Å²) in [5, 5.41) is 6.78. The minimum Gasteiger partial charge on any atom is -0.458 e. The molecule has 0 fully saturated rings. The Kier molecular flexibility index (Phi) is 8.00. The van der Waals surface area contributed by atoms with Crippen LogP contribution in [0.2, 0.25) is 0 Å². The molecular formula is C74H50BN5O2. The molecule has 0 aliphatic carbocycles. The molecule has 82 heavy (non-hydrogen) atoms. The minimum absolute atomic E-state index is 0.000916. The molecule has 15 aromatic rings. The molecule has 0 atom stereocenters. The van der Waals surface area contributed by atoms with Gasteiger partial charge >= 0.3 is 0 Å². The van der Waals surface area contributed by atoms with Crippen molar-refractivity contribution in [3.63, 3.8) is 0 Å². The van der Waals surface area contributed by atoms with E-state index < -0.39 is 60.4 Å². The van der Waals surface area contributed by atoms with Gasteiger partial charge in [-0.2, -0.15) is 0 Å². The van der Waals surface area contributed by atoms with Crippen LogP contribution in [0.4, 0.5) is 17.1 Å². The maximum atomic E-state index is 9.13. The number of rotatable bonds is 8. The van der Waals surface area contributed by atoms with E-state index in [0.717, 1.165) is 61.4 Å². The van der Waals surface area contributed by atoms with Gasteiger partial charge in [-0.1, -0.05) is 178 Å². The van der Waals surface area contributed by atoms with E-state index in [4.69, 9.17) is 27.8 Å². The standard InChI is InChI=1S/C74H50BN5O2/c1-74(2,3)49-39-40-76-68(41-49)80-60-37-33-51(79-61-27-11-10-25-58(61)75-59-26-16-30-66-70(59)71-67(82-66)38-32-48-31-36-64(79)72(75)69(48)71)43-57(60)56-35-34-53(44-65(56)80)81-52-22-14-21-50(42-52)77-45-78(63-29-13-12-28-62(63)77)73-54(46-17-6-4-7-18-46)23-15-24-55(73)47-19-8-5-9-20-47/h4-44H,1-3H3/i4D,5D,6D,7D,8D,9D,17D,18D,19D,20D. The van der Waals surface area contributed by atoms with E-state index >= 15 is 0 Å². The van der Waals surface area contributed by atoms with Crippen LogP contribution in [0.3, 0.4) is 0 Å². The summed E-state index contributed by atoms with van der Waals surface area (Å²) in [6.45, 7) is 6.59. The second kappa shape index (κ2) is 17.5. The van der Waals surface area contributed by atoms with Crippen molar-refractivity contribution in [3.05, 3.63) is 261 Å². The summed E-state index contributed by atoms with van der Waals surface area (Å²) in [7, 11) is 0. The highest BCUT2D eigenvalue weighted by atomic mass is 16.5. The summed E-state index contributed by atoms with van der Waals surface area (Å²) < 4.78 is 107. The van der Waals surface area contributed by atoms with Crippen LogP contribution in [0.1, 0.15) is 40.0 Å². The molecule has 0 saturated heterocycles.